The molecule has 0 N–H and O–H groups in total. The molecule has 0 saturated carbocycles. The Morgan fingerprint density at radius 3 is 2.71 bits per heavy atom. The van der Waals surface area contributed by atoms with Crippen LogP contribution in [0.3, 0.4) is 0 Å². The lowest BCUT2D eigenvalue weighted by molar-refractivity contribution is 0.188. The van der Waals surface area contributed by atoms with Crippen molar-refractivity contribution in [2.45, 2.75) is 37.8 Å². The number of rotatable bonds is 2. The van der Waals surface area contributed by atoms with E-state index in [1.807, 2.05) is 24.3 Å². The first-order valence-corrected chi connectivity index (χ1v) is 8.32. The Kier molecular flexibility index (Phi) is 2.70. The molecule has 0 spiro atoms. The first-order valence-electron chi connectivity index (χ1n) is 8.32. The normalized spacial score (nSPS) is 22.2. The minimum Gasteiger partial charge on any atom is -0.474 e. The van der Waals surface area contributed by atoms with Gasteiger partial charge in [0.2, 0.25) is 5.89 Å². The van der Waals surface area contributed by atoms with Gasteiger partial charge in [-0.3, -0.25) is 0 Å². The fraction of sp³-hybridized carbons (Fsp3) is 0.300. The highest BCUT2D eigenvalue weighted by atomic mass is 16.5. The Bertz CT molecular complexity index is 937. The quantitative estimate of drug-likeness (QED) is 0.711. The van der Waals surface area contributed by atoms with E-state index >= 15 is 0 Å². The minimum absolute atomic E-state index is 0.0971. The van der Waals surface area contributed by atoms with Crippen LogP contribution in [0.25, 0.3) is 11.1 Å². The number of para-hydroxylation sites is 2. The lowest BCUT2D eigenvalue weighted by Gasteiger charge is -2.21. The van der Waals surface area contributed by atoms with Crippen LogP contribution < -0.4 is 0 Å². The molecule has 5 rings (SSSR count). The van der Waals surface area contributed by atoms with E-state index in [-0.39, 0.29) is 12.1 Å². The molecule has 4 heteroatoms. The van der Waals surface area contributed by atoms with E-state index in [9.17, 15) is 0 Å². The second-order valence-electron chi connectivity index (χ2n) is 7.05. The number of hydrogen-bond donors (Lipinski definition) is 0. The maximum absolute atomic E-state index is 6.23. The summed E-state index contributed by atoms with van der Waals surface area (Å²) in [5.41, 5.74) is 3.80. The van der Waals surface area contributed by atoms with Crippen molar-refractivity contribution < 1.29 is 9.15 Å². The number of oxazole rings is 1. The van der Waals surface area contributed by atoms with Gasteiger partial charge < -0.3 is 9.15 Å². The molecule has 4 nitrogen and oxygen atoms in total. The zero-order valence-corrected chi connectivity index (χ0v) is 13.7. The largest absolute Gasteiger partial charge is 0.474 e. The van der Waals surface area contributed by atoms with Gasteiger partial charge in [-0.15, -0.1) is 0 Å². The number of hydrogen-bond acceptors (Lipinski definition) is 4. The van der Waals surface area contributed by atoms with Crippen LogP contribution in [0.4, 0.5) is 0 Å². The molecule has 1 aliphatic carbocycles. The standard InChI is InChI=1S/C20H18N2O2/c1-20(2,18-21-14-9-5-6-10-15(14)23-18)19-22-17-13-8-4-3-7-12(13)11-16(17)24-19/h3-10,16-17H,11H2,1-2H3/t16-,17+/m1/s1. The van der Waals surface area contributed by atoms with Crippen LogP contribution >= 0.6 is 0 Å². The van der Waals surface area contributed by atoms with Gasteiger partial charge >= 0.3 is 0 Å². The molecule has 0 fully saturated rings. The molecule has 0 saturated heterocycles. The van der Waals surface area contributed by atoms with Crippen LogP contribution in [0.5, 0.6) is 0 Å². The molecule has 24 heavy (non-hydrogen) atoms. The van der Waals surface area contributed by atoms with E-state index in [1.54, 1.807) is 0 Å². The Balaban J connectivity index is 1.54. The van der Waals surface area contributed by atoms with Crippen molar-refractivity contribution in [2.24, 2.45) is 4.99 Å². The third-order valence-corrected chi connectivity index (χ3v) is 5.03. The molecule has 1 aromatic heterocycles. The molecule has 1 aliphatic heterocycles. The molecular weight excluding hydrogens is 300 g/mol. The van der Waals surface area contributed by atoms with Crippen molar-refractivity contribution in [3.8, 4) is 0 Å². The van der Waals surface area contributed by atoms with Gasteiger partial charge in [-0.05, 0) is 37.1 Å². The second-order valence-corrected chi connectivity index (χ2v) is 7.05. The van der Waals surface area contributed by atoms with Crippen molar-refractivity contribution in [1.82, 2.24) is 4.98 Å². The van der Waals surface area contributed by atoms with Crippen molar-refractivity contribution in [1.29, 1.82) is 0 Å². The third kappa shape index (κ3) is 1.86. The van der Waals surface area contributed by atoms with Crippen LogP contribution in [0.15, 0.2) is 57.9 Å². The fourth-order valence-corrected chi connectivity index (χ4v) is 3.64. The van der Waals surface area contributed by atoms with Crippen LogP contribution in [-0.2, 0) is 16.6 Å². The summed E-state index contributed by atoms with van der Waals surface area (Å²) < 4.78 is 12.2. The first kappa shape index (κ1) is 13.8. The van der Waals surface area contributed by atoms with E-state index in [1.165, 1.54) is 11.1 Å². The lowest BCUT2D eigenvalue weighted by atomic mass is 9.93. The number of aromatic nitrogens is 1. The van der Waals surface area contributed by atoms with E-state index in [0.29, 0.717) is 5.89 Å². The van der Waals surface area contributed by atoms with Gasteiger partial charge in [-0.2, -0.15) is 0 Å². The van der Waals surface area contributed by atoms with Crippen molar-refractivity contribution in [3.63, 3.8) is 0 Å². The number of aliphatic imine (C=N–C) groups is 1. The zero-order chi connectivity index (χ0) is 16.3. The van der Waals surface area contributed by atoms with E-state index in [0.717, 1.165) is 23.4 Å². The van der Waals surface area contributed by atoms with Crippen LogP contribution in [0.1, 0.15) is 36.9 Å². The summed E-state index contributed by atoms with van der Waals surface area (Å²) in [6, 6.07) is 16.4. The van der Waals surface area contributed by atoms with Crippen molar-refractivity contribution in [2.75, 3.05) is 0 Å². The molecule has 120 valence electrons. The summed E-state index contributed by atoms with van der Waals surface area (Å²) in [6.45, 7) is 4.12. The molecule has 0 unspecified atom stereocenters. The van der Waals surface area contributed by atoms with Crippen LogP contribution in [-0.4, -0.2) is 17.0 Å². The molecule has 0 bridgehead atoms. The van der Waals surface area contributed by atoms with E-state index in [2.05, 4.69) is 43.1 Å². The summed E-state index contributed by atoms with van der Waals surface area (Å²) >= 11 is 0. The average molecular weight is 318 g/mol. The Morgan fingerprint density at radius 1 is 1.04 bits per heavy atom. The summed E-state index contributed by atoms with van der Waals surface area (Å²) in [7, 11) is 0. The molecule has 2 aromatic carbocycles. The lowest BCUT2D eigenvalue weighted by Crippen LogP contribution is -2.31. The monoisotopic (exact) mass is 318 g/mol. The van der Waals surface area contributed by atoms with Gasteiger partial charge in [-0.25, -0.2) is 9.98 Å². The van der Waals surface area contributed by atoms with Gasteiger partial charge in [0.15, 0.2) is 11.5 Å². The Labute approximate surface area is 140 Å². The van der Waals surface area contributed by atoms with Crippen molar-refractivity contribution in [3.05, 3.63) is 65.5 Å². The molecule has 0 amide bonds. The highest BCUT2D eigenvalue weighted by molar-refractivity contribution is 5.89. The number of ether oxygens (including phenoxy) is 1. The number of nitrogens with zero attached hydrogens (tertiary/aromatic N) is 2. The van der Waals surface area contributed by atoms with Crippen LogP contribution in [0, 0.1) is 0 Å². The molecule has 2 heterocycles. The van der Waals surface area contributed by atoms with Gasteiger partial charge in [-0.1, -0.05) is 36.4 Å². The summed E-state index contributed by atoms with van der Waals surface area (Å²) in [6.07, 6.45) is 1.01. The molecule has 3 aromatic rings. The molecule has 2 aliphatic rings. The SMILES string of the molecule is CC(C)(C1=N[C@H]2c3ccccc3C[C@H]2O1)c1nc2ccccc2o1. The predicted octanol–water partition coefficient (Wildman–Crippen LogP) is 4.20. The summed E-state index contributed by atoms with van der Waals surface area (Å²) in [5.74, 6) is 1.37. The highest BCUT2D eigenvalue weighted by Gasteiger charge is 2.45. The van der Waals surface area contributed by atoms with E-state index < -0.39 is 5.41 Å². The van der Waals surface area contributed by atoms with Gasteiger partial charge in [0.1, 0.15) is 23.1 Å². The summed E-state index contributed by atoms with van der Waals surface area (Å²) in [5, 5.41) is 0. The summed E-state index contributed by atoms with van der Waals surface area (Å²) in [4.78, 5) is 9.54. The predicted molar refractivity (Wildman–Crippen MR) is 92.2 cm³/mol. The molecule has 2 atom stereocenters. The number of fused-ring (bicyclic) bond motifs is 4. The Morgan fingerprint density at radius 2 is 1.83 bits per heavy atom. The molecule has 0 radical (unpaired) electrons. The fourth-order valence-electron chi connectivity index (χ4n) is 3.64. The van der Waals surface area contributed by atoms with Crippen LogP contribution in [0.2, 0.25) is 0 Å². The van der Waals surface area contributed by atoms with Gasteiger partial charge in [0, 0.05) is 6.42 Å². The topological polar surface area (TPSA) is 47.6 Å². The average Bonchev–Trinajstić information content (AvgIpc) is 3.27. The minimum atomic E-state index is -0.488. The Hall–Kier alpha value is -2.62. The van der Waals surface area contributed by atoms with Gasteiger partial charge in [0.05, 0.1) is 0 Å². The molecular formula is C20H18N2O2. The van der Waals surface area contributed by atoms with Gasteiger partial charge in [0.25, 0.3) is 0 Å². The highest BCUT2D eigenvalue weighted by Crippen LogP contribution is 2.43. The second kappa shape index (κ2) is 4.69. The van der Waals surface area contributed by atoms with Crippen molar-refractivity contribution >= 4 is 17.0 Å². The number of benzene rings is 2. The van der Waals surface area contributed by atoms with E-state index in [4.69, 9.17) is 14.1 Å². The maximum Gasteiger partial charge on any atom is 0.210 e. The first-order chi connectivity index (χ1) is 11.6. The smallest absolute Gasteiger partial charge is 0.210 e. The third-order valence-electron chi connectivity index (χ3n) is 5.03. The zero-order valence-electron chi connectivity index (χ0n) is 13.7. The maximum atomic E-state index is 6.23.